The fourth-order valence-electron chi connectivity index (χ4n) is 3.92. The fourth-order valence-corrected chi connectivity index (χ4v) is 3.92. The minimum absolute atomic E-state index is 0.0159. The second-order valence-electron chi connectivity index (χ2n) is 9.26. The Kier molecular flexibility index (Phi) is 12.5. The van der Waals surface area contributed by atoms with Crippen LogP contribution in [0.5, 0.6) is 0 Å². The summed E-state index contributed by atoms with van der Waals surface area (Å²) in [5.74, 6) is -5.29. The van der Waals surface area contributed by atoms with Crippen molar-refractivity contribution >= 4 is 46.5 Å². The largest absolute Gasteiger partial charge is 0.481 e. The molecule has 1 heterocycles. The molecule has 13 N–H and O–H groups in total. The number of H-pyrrole nitrogens is 1. The van der Waals surface area contributed by atoms with E-state index in [1.54, 1.807) is 12.3 Å². The number of aromatic amines is 1. The van der Waals surface area contributed by atoms with Gasteiger partial charge in [0.2, 0.25) is 17.7 Å². The van der Waals surface area contributed by atoms with Crippen molar-refractivity contribution in [3.63, 3.8) is 0 Å². The molecule has 0 bridgehead atoms. The van der Waals surface area contributed by atoms with Gasteiger partial charge < -0.3 is 53.5 Å². The van der Waals surface area contributed by atoms with E-state index >= 15 is 0 Å². The van der Waals surface area contributed by atoms with E-state index < -0.39 is 60.4 Å². The molecule has 224 valence electrons. The highest BCUT2D eigenvalue weighted by Crippen LogP contribution is 2.19. The number of para-hydroxylation sites is 1. The number of benzene rings is 1. The zero-order valence-electron chi connectivity index (χ0n) is 22.2. The molecule has 0 aliphatic rings. The van der Waals surface area contributed by atoms with Gasteiger partial charge in [-0.25, -0.2) is 4.79 Å². The molecule has 0 fully saturated rings. The van der Waals surface area contributed by atoms with Crippen LogP contribution in [0.3, 0.4) is 0 Å². The van der Waals surface area contributed by atoms with Crippen LogP contribution in [0.25, 0.3) is 10.9 Å². The molecule has 0 spiro atoms. The van der Waals surface area contributed by atoms with E-state index in [1.807, 2.05) is 18.2 Å². The van der Waals surface area contributed by atoms with Gasteiger partial charge in [0.25, 0.3) is 0 Å². The smallest absolute Gasteiger partial charge is 0.326 e. The van der Waals surface area contributed by atoms with Gasteiger partial charge in [0.1, 0.15) is 18.1 Å². The molecule has 1 aromatic heterocycles. The second kappa shape index (κ2) is 15.8. The Balaban J connectivity index is 2.14. The minimum atomic E-state index is -1.52. The standard InChI is InChI=1S/C25H36N8O8/c26-15(7-8-20(35)36)21(37)33-19(12-34)23(39)31-17(6-3-9-29-25(27)28)22(38)32-18(24(40)41)10-13-11-30-16-5-2-1-4-14(13)16/h1-2,4-5,11,15,17-19,30,34H,3,6-10,12,26H2,(H,31,39)(H,32,38)(H,33,37)(H,35,36)(H,40,41)(H4,27,28,29). The van der Waals surface area contributed by atoms with Gasteiger partial charge in [0, 0.05) is 36.5 Å². The van der Waals surface area contributed by atoms with Gasteiger partial charge >= 0.3 is 11.9 Å². The number of rotatable bonds is 17. The monoisotopic (exact) mass is 576 g/mol. The van der Waals surface area contributed by atoms with Crippen molar-refractivity contribution < 1.29 is 39.3 Å². The van der Waals surface area contributed by atoms with Crippen LogP contribution in [0.2, 0.25) is 0 Å². The topological polar surface area (TPSA) is 288 Å². The lowest BCUT2D eigenvalue weighted by Gasteiger charge is -2.24. The number of fused-ring (bicyclic) bond motifs is 1. The molecule has 0 saturated heterocycles. The number of carboxylic acid groups (broad SMARTS) is 2. The average Bonchev–Trinajstić information content (AvgIpc) is 3.33. The third-order valence-corrected chi connectivity index (χ3v) is 6.11. The molecule has 2 rings (SSSR count). The third-order valence-electron chi connectivity index (χ3n) is 6.11. The fraction of sp³-hybridized carbons (Fsp3) is 0.440. The van der Waals surface area contributed by atoms with Gasteiger partial charge in [0.05, 0.1) is 12.6 Å². The molecular formula is C25H36N8O8. The van der Waals surface area contributed by atoms with Crippen molar-refractivity contribution in [1.29, 1.82) is 0 Å². The molecule has 16 nitrogen and oxygen atoms in total. The van der Waals surface area contributed by atoms with Crippen LogP contribution in [-0.2, 0) is 30.4 Å². The SMILES string of the molecule is NC(N)=NCCCC(NC(=O)C(CO)NC(=O)C(N)CCC(=O)O)C(=O)NC(Cc1c[nH]c2ccccc12)C(=O)O. The van der Waals surface area contributed by atoms with Gasteiger partial charge in [-0.3, -0.25) is 24.2 Å². The number of carboxylic acids is 2. The van der Waals surface area contributed by atoms with E-state index in [9.17, 15) is 34.2 Å². The first-order chi connectivity index (χ1) is 19.4. The molecule has 1 aromatic carbocycles. The van der Waals surface area contributed by atoms with E-state index in [0.717, 1.165) is 10.9 Å². The highest BCUT2D eigenvalue weighted by Gasteiger charge is 2.30. The van der Waals surface area contributed by atoms with Crippen LogP contribution in [0.15, 0.2) is 35.5 Å². The number of aliphatic carboxylic acids is 2. The van der Waals surface area contributed by atoms with Crippen LogP contribution in [-0.4, -0.2) is 93.2 Å². The van der Waals surface area contributed by atoms with Gasteiger partial charge in [-0.15, -0.1) is 0 Å². The number of carbonyl (C=O) groups is 5. The lowest BCUT2D eigenvalue weighted by atomic mass is 10.0. The van der Waals surface area contributed by atoms with Crippen molar-refractivity contribution in [3.05, 3.63) is 36.0 Å². The molecule has 0 aliphatic carbocycles. The number of aromatic nitrogens is 1. The number of nitrogens with one attached hydrogen (secondary N) is 4. The lowest BCUT2D eigenvalue weighted by molar-refractivity contribution is -0.142. The Labute approximate surface area is 234 Å². The summed E-state index contributed by atoms with van der Waals surface area (Å²) in [5.41, 5.74) is 17.7. The Bertz CT molecular complexity index is 1260. The van der Waals surface area contributed by atoms with E-state index in [0.29, 0.717) is 5.56 Å². The molecular weight excluding hydrogens is 540 g/mol. The molecule has 0 radical (unpaired) electrons. The normalized spacial score (nSPS) is 13.8. The number of carbonyl (C=O) groups excluding carboxylic acids is 3. The van der Waals surface area contributed by atoms with Crippen LogP contribution in [0.1, 0.15) is 31.2 Å². The number of hydrogen-bond acceptors (Lipinski definition) is 8. The molecule has 0 aliphatic heterocycles. The van der Waals surface area contributed by atoms with E-state index in [1.165, 1.54) is 0 Å². The average molecular weight is 577 g/mol. The van der Waals surface area contributed by atoms with E-state index in [4.69, 9.17) is 22.3 Å². The summed E-state index contributed by atoms with van der Waals surface area (Å²) in [4.78, 5) is 68.0. The van der Waals surface area contributed by atoms with Crippen molar-refractivity contribution in [2.45, 2.75) is 56.3 Å². The molecule has 16 heteroatoms. The van der Waals surface area contributed by atoms with Gasteiger partial charge in [-0.2, -0.15) is 0 Å². The number of guanidine groups is 1. The number of hydrogen-bond donors (Lipinski definition) is 10. The highest BCUT2D eigenvalue weighted by molar-refractivity contribution is 5.94. The van der Waals surface area contributed by atoms with E-state index in [-0.39, 0.29) is 44.6 Å². The maximum atomic E-state index is 13.2. The number of amides is 3. The first kappa shape index (κ1) is 32.5. The summed E-state index contributed by atoms with van der Waals surface area (Å²) >= 11 is 0. The molecule has 0 saturated carbocycles. The van der Waals surface area contributed by atoms with Crippen LogP contribution in [0, 0.1) is 0 Å². The van der Waals surface area contributed by atoms with Gasteiger partial charge in [-0.1, -0.05) is 18.2 Å². The molecule has 3 amide bonds. The molecule has 4 unspecified atom stereocenters. The minimum Gasteiger partial charge on any atom is -0.481 e. The Morgan fingerprint density at radius 3 is 2.17 bits per heavy atom. The number of aliphatic hydroxyl groups is 1. The predicted molar refractivity (Wildman–Crippen MR) is 147 cm³/mol. The van der Waals surface area contributed by atoms with Crippen molar-refractivity contribution in [2.24, 2.45) is 22.2 Å². The Morgan fingerprint density at radius 1 is 0.902 bits per heavy atom. The number of aliphatic imine (C=N–C) groups is 1. The Morgan fingerprint density at radius 2 is 1.54 bits per heavy atom. The maximum Gasteiger partial charge on any atom is 0.326 e. The predicted octanol–water partition coefficient (Wildman–Crippen LogP) is -2.51. The molecule has 41 heavy (non-hydrogen) atoms. The van der Waals surface area contributed by atoms with Crippen LogP contribution < -0.4 is 33.2 Å². The number of nitrogens with two attached hydrogens (primary N) is 3. The zero-order valence-corrected chi connectivity index (χ0v) is 22.2. The van der Waals surface area contributed by atoms with Gasteiger partial charge in [0.15, 0.2) is 5.96 Å². The maximum absolute atomic E-state index is 13.2. The quantitative estimate of drug-likeness (QED) is 0.0533. The third kappa shape index (κ3) is 10.4. The first-order valence-electron chi connectivity index (χ1n) is 12.8. The summed E-state index contributed by atoms with van der Waals surface area (Å²) in [6.07, 6.45) is 1.21. The van der Waals surface area contributed by atoms with Crippen LogP contribution in [0.4, 0.5) is 0 Å². The number of aliphatic hydroxyl groups excluding tert-OH is 1. The molecule has 4 atom stereocenters. The zero-order chi connectivity index (χ0) is 30.5. The summed E-state index contributed by atoms with van der Waals surface area (Å²) < 4.78 is 0. The Hall–Kier alpha value is -4.70. The summed E-state index contributed by atoms with van der Waals surface area (Å²) in [6, 6.07) is 1.84. The lowest BCUT2D eigenvalue weighted by Crippen LogP contribution is -2.58. The summed E-state index contributed by atoms with van der Waals surface area (Å²) in [5, 5.41) is 36.1. The van der Waals surface area contributed by atoms with Crippen molar-refractivity contribution in [3.8, 4) is 0 Å². The molecule has 2 aromatic rings. The van der Waals surface area contributed by atoms with E-state index in [2.05, 4.69) is 25.9 Å². The highest BCUT2D eigenvalue weighted by atomic mass is 16.4. The summed E-state index contributed by atoms with van der Waals surface area (Å²) in [6.45, 7) is -0.748. The van der Waals surface area contributed by atoms with Crippen molar-refractivity contribution in [2.75, 3.05) is 13.2 Å². The van der Waals surface area contributed by atoms with Gasteiger partial charge in [-0.05, 0) is 30.9 Å². The number of nitrogens with zero attached hydrogens (tertiary/aromatic N) is 1. The van der Waals surface area contributed by atoms with Crippen molar-refractivity contribution in [1.82, 2.24) is 20.9 Å². The second-order valence-corrected chi connectivity index (χ2v) is 9.26. The summed E-state index contributed by atoms with van der Waals surface area (Å²) in [7, 11) is 0. The first-order valence-corrected chi connectivity index (χ1v) is 12.8. The van der Waals surface area contributed by atoms with Crippen LogP contribution >= 0.6 is 0 Å².